The number of nitrogens with two attached hydrogens (primary N) is 1. The van der Waals surface area contributed by atoms with Gasteiger partial charge < -0.3 is 16.0 Å². The van der Waals surface area contributed by atoms with Crippen LogP contribution in [-0.2, 0) is 16.1 Å². The van der Waals surface area contributed by atoms with Gasteiger partial charge in [-0.15, -0.1) is 24.8 Å². The molecule has 1 atom stereocenters. The number of likely N-dealkylation sites (N-methyl/N-ethyl adjacent to an activating group) is 1. The second kappa shape index (κ2) is 10.4. The van der Waals surface area contributed by atoms with Crippen molar-refractivity contribution in [2.45, 2.75) is 26.4 Å². The quantitative estimate of drug-likeness (QED) is 0.693. The highest BCUT2D eigenvalue weighted by Gasteiger charge is 2.18. The number of rotatable bonds is 6. The first-order valence-corrected chi connectivity index (χ1v) is 6.17. The van der Waals surface area contributed by atoms with Gasteiger partial charge in [0.15, 0.2) is 0 Å². The lowest BCUT2D eigenvalue weighted by Gasteiger charge is -2.18. The van der Waals surface area contributed by atoms with Crippen LogP contribution in [0.3, 0.4) is 0 Å². The maximum absolute atomic E-state index is 11.8. The molecule has 9 heteroatoms. The predicted octanol–water partition coefficient (Wildman–Crippen LogP) is 0.311. The van der Waals surface area contributed by atoms with Gasteiger partial charge in [0.1, 0.15) is 0 Å². The first-order valence-electron chi connectivity index (χ1n) is 6.17. The van der Waals surface area contributed by atoms with E-state index in [4.69, 9.17) is 5.73 Å². The van der Waals surface area contributed by atoms with Crippen molar-refractivity contribution in [1.29, 1.82) is 0 Å². The highest BCUT2D eigenvalue weighted by Crippen LogP contribution is 1.99. The standard InChI is InChI=1S/C12H21N5O2.2ClH/c1-8(2)11(13)12(19)14-6-10(18)17(3)7-9-4-5-15-16-9;;/h4-5,8,11H,6-7,13H2,1-3H3,(H,14,19)(H,15,16);2*1H/t11-;;/m0../s1. The topological polar surface area (TPSA) is 104 Å². The smallest absolute Gasteiger partial charge is 0.242 e. The zero-order chi connectivity index (χ0) is 14.4. The van der Waals surface area contributed by atoms with E-state index in [1.54, 1.807) is 19.3 Å². The van der Waals surface area contributed by atoms with Crippen molar-refractivity contribution in [2.24, 2.45) is 11.7 Å². The molecule has 1 aromatic heterocycles. The van der Waals surface area contributed by atoms with E-state index >= 15 is 0 Å². The fourth-order valence-corrected chi connectivity index (χ4v) is 1.43. The van der Waals surface area contributed by atoms with Gasteiger partial charge in [-0.05, 0) is 12.0 Å². The van der Waals surface area contributed by atoms with Gasteiger partial charge in [-0.2, -0.15) is 5.10 Å². The largest absolute Gasteiger partial charge is 0.346 e. The second-order valence-electron chi connectivity index (χ2n) is 4.82. The minimum atomic E-state index is -0.592. The van der Waals surface area contributed by atoms with Crippen LogP contribution >= 0.6 is 24.8 Å². The molecule has 0 aliphatic heterocycles. The van der Waals surface area contributed by atoms with Crippen molar-refractivity contribution in [1.82, 2.24) is 20.4 Å². The van der Waals surface area contributed by atoms with Gasteiger partial charge in [0.2, 0.25) is 11.8 Å². The molecule has 0 unspecified atom stereocenters. The SMILES string of the molecule is CC(C)[C@H](N)C(=O)NCC(=O)N(C)Cc1ccn[nH]1.Cl.Cl. The molecule has 0 saturated heterocycles. The summed E-state index contributed by atoms with van der Waals surface area (Å²) in [5.41, 5.74) is 6.52. The van der Waals surface area contributed by atoms with Gasteiger partial charge >= 0.3 is 0 Å². The van der Waals surface area contributed by atoms with Crippen molar-refractivity contribution in [3.05, 3.63) is 18.0 Å². The van der Waals surface area contributed by atoms with Crippen LogP contribution in [0.2, 0.25) is 0 Å². The van der Waals surface area contributed by atoms with E-state index in [9.17, 15) is 9.59 Å². The molecule has 0 bridgehead atoms. The molecule has 0 aliphatic carbocycles. The number of nitrogens with zero attached hydrogens (tertiary/aromatic N) is 2. The Morgan fingerprint density at radius 2 is 2.05 bits per heavy atom. The number of carbonyl (C=O) groups is 2. The molecule has 0 fully saturated rings. The monoisotopic (exact) mass is 339 g/mol. The van der Waals surface area contributed by atoms with Gasteiger partial charge in [-0.3, -0.25) is 14.7 Å². The molecule has 21 heavy (non-hydrogen) atoms. The Balaban J connectivity index is 0. The van der Waals surface area contributed by atoms with Crippen molar-refractivity contribution in [2.75, 3.05) is 13.6 Å². The van der Waals surface area contributed by atoms with E-state index in [1.807, 2.05) is 13.8 Å². The fourth-order valence-electron chi connectivity index (χ4n) is 1.43. The summed E-state index contributed by atoms with van der Waals surface area (Å²) in [6.07, 6.45) is 1.62. The molecule has 2 amide bonds. The third kappa shape index (κ3) is 7.31. The second-order valence-corrected chi connectivity index (χ2v) is 4.82. The molecular weight excluding hydrogens is 317 g/mol. The van der Waals surface area contributed by atoms with E-state index < -0.39 is 6.04 Å². The lowest BCUT2D eigenvalue weighted by atomic mass is 10.1. The van der Waals surface area contributed by atoms with Crippen LogP contribution < -0.4 is 11.1 Å². The summed E-state index contributed by atoms with van der Waals surface area (Å²) >= 11 is 0. The summed E-state index contributed by atoms with van der Waals surface area (Å²) in [7, 11) is 1.66. The van der Waals surface area contributed by atoms with Crippen molar-refractivity contribution in [3.8, 4) is 0 Å². The highest BCUT2D eigenvalue weighted by molar-refractivity contribution is 5.87. The summed E-state index contributed by atoms with van der Waals surface area (Å²) in [5, 5.41) is 9.11. The molecule has 1 aromatic rings. The van der Waals surface area contributed by atoms with E-state index in [1.165, 1.54) is 4.90 Å². The van der Waals surface area contributed by atoms with Crippen LogP contribution in [0.4, 0.5) is 0 Å². The van der Waals surface area contributed by atoms with Crippen LogP contribution in [0.15, 0.2) is 12.3 Å². The van der Waals surface area contributed by atoms with E-state index in [2.05, 4.69) is 15.5 Å². The predicted molar refractivity (Wildman–Crippen MR) is 85.4 cm³/mol. The molecule has 0 aliphatic rings. The third-order valence-corrected chi connectivity index (χ3v) is 2.83. The molecule has 0 radical (unpaired) electrons. The Hall–Kier alpha value is -1.31. The summed E-state index contributed by atoms with van der Waals surface area (Å²) in [4.78, 5) is 24.9. The van der Waals surface area contributed by atoms with E-state index in [0.29, 0.717) is 6.54 Å². The number of halogens is 2. The summed E-state index contributed by atoms with van der Waals surface area (Å²) in [5.74, 6) is -0.449. The Labute approximate surface area is 136 Å². The molecule has 7 nitrogen and oxygen atoms in total. The first kappa shape index (κ1) is 22.0. The number of aromatic nitrogens is 2. The molecule has 0 aromatic carbocycles. The average Bonchev–Trinajstić information content (AvgIpc) is 2.86. The Bertz CT molecular complexity index is 425. The number of nitrogens with one attached hydrogen (secondary N) is 2. The summed E-state index contributed by atoms with van der Waals surface area (Å²) in [6, 6.07) is 1.20. The molecular formula is C12H23Cl2N5O2. The lowest BCUT2D eigenvalue weighted by molar-refractivity contribution is -0.132. The summed E-state index contributed by atoms with van der Waals surface area (Å²) in [6.45, 7) is 4.09. The minimum absolute atomic E-state index is 0. The Morgan fingerprint density at radius 1 is 1.43 bits per heavy atom. The van der Waals surface area contributed by atoms with Crippen molar-refractivity contribution in [3.63, 3.8) is 0 Å². The average molecular weight is 340 g/mol. The van der Waals surface area contributed by atoms with Gasteiger partial charge in [0.05, 0.1) is 24.8 Å². The minimum Gasteiger partial charge on any atom is -0.346 e. The van der Waals surface area contributed by atoms with Crippen molar-refractivity contribution >= 4 is 36.6 Å². The number of H-pyrrole nitrogens is 1. The van der Waals surface area contributed by atoms with E-state index in [-0.39, 0.29) is 49.1 Å². The molecule has 1 heterocycles. The van der Waals surface area contributed by atoms with Crippen molar-refractivity contribution < 1.29 is 9.59 Å². The number of hydrogen-bond acceptors (Lipinski definition) is 4. The Kier molecular flexibility index (Phi) is 10.9. The summed E-state index contributed by atoms with van der Waals surface area (Å²) < 4.78 is 0. The van der Waals surface area contributed by atoms with Crippen LogP contribution in [0.1, 0.15) is 19.5 Å². The molecule has 0 spiro atoms. The van der Waals surface area contributed by atoms with Crippen LogP contribution in [-0.4, -0.2) is 46.5 Å². The van der Waals surface area contributed by atoms with Gasteiger partial charge in [-0.1, -0.05) is 13.8 Å². The number of carbonyl (C=O) groups excluding carboxylic acids is 2. The molecule has 1 rings (SSSR count). The third-order valence-electron chi connectivity index (χ3n) is 2.83. The van der Waals surface area contributed by atoms with E-state index in [0.717, 1.165) is 5.69 Å². The maximum atomic E-state index is 11.8. The fraction of sp³-hybridized carbons (Fsp3) is 0.583. The number of hydrogen-bond donors (Lipinski definition) is 3. The maximum Gasteiger partial charge on any atom is 0.242 e. The van der Waals surface area contributed by atoms with Crippen LogP contribution in [0.5, 0.6) is 0 Å². The molecule has 122 valence electrons. The van der Waals surface area contributed by atoms with Gasteiger partial charge in [-0.25, -0.2) is 0 Å². The van der Waals surface area contributed by atoms with Gasteiger partial charge in [0.25, 0.3) is 0 Å². The zero-order valence-corrected chi connectivity index (χ0v) is 14.0. The van der Waals surface area contributed by atoms with Crippen LogP contribution in [0.25, 0.3) is 0 Å². The lowest BCUT2D eigenvalue weighted by Crippen LogP contribution is -2.47. The van der Waals surface area contributed by atoms with Crippen LogP contribution in [0, 0.1) is 5.92 Å². The number of aromatic amines is 1. The zero-order valence-electron chi connectivity index (χ0n) is 12.3. The molecule has 0 saturated carbocycles. The normalized spacial score (nSPS) is 11.1. The number of amides is 2. The highest BCUT2D eigenvalue weighted by atomic mass is 35.5. The first-order chi connectivity index (χ1) is 8.91. The van der Waals surface area contributed by atoms with Gasteiger partial charge in [0, 0.05) is 13.2 Å². The Morgan fingerprint density at radius 3 is 2.52 bits per heavy atom. The molecule has 4 N–H and O–H groups in total.